The second-order valence-corrected chi connectivity index (χ2v) is 8.71. The zero-order chi connectivity index (χ0) is 24.0. The predicted molar refractivity (Wildman–Crippen MR) is 137 cm³/mol. The van der Waals surface area contributed by atoms with Crippen molar-refractivity contribution < 1.29 is 4.79 Å². The molecule has 180 valence electrons. The molecule has 3 aromatic heterocycles. The number of H-pyrrole nitrogens is 2. The summed E-state index contributed by atoms with van der Waals surface area (Å²) in [6, 6.07) is 11.9. The average Bonchev–Trinajstić information content (AvgIpc) is 3.61. The highest BCUT2D eigenvalue weighted by Gasteiger charge is 2.08. The summed E-state index contributed by atoms with van der Waals surface area (Å²) in [6.07, 6.45) is 6.33. The summed E-state index contributed by atoms with van der Waals surface area (Å²) in [4.78, 5) is 15.5. The van der Waals surface area contributed by atoms with Crippen LogP contribution in [0, 0.1) is 0 Å². The van der Waals surface area contributed by atoms with E-state index in [1.807, 2.05) is 34.9 Å². The number of rotatable bonds is 11. The van der Waals surface area contributed by atoms with Crippen molar-refractivity contribution in [2.75, 3.05) is 25.0 Å². The average molecular weight is 492 g/mol. The van der Waals surface area contributed by atoms with Gasteiger partial charge in [0.25, 0.3) is 0 Å². The first-order valence-corrected chi connectivity index (χ1v) is 11.8. The molecule has 11 heteroatoms. The Hall–Kier alpha value is -3.89. The molecule has 0 aliphatic heterocycles. The quantitative estimate of drug-likeness (QED) is 0.180. The van der Waals surface area contributed by atoms with Crippen molar-refractivity contribution in [3.8, 4) is 5.69 Å². The number of benzene rings is 2. The molecular weight excluding hydrogens is 466 g/mol. The second kappa shape index (κ2) is 10.6. The van der Waals surface area contributed by atoms with Crippen LogP contribution in [0.1, 0.15) is 18.5 Å². The molecule has 0 aliphatic carbocycles. The van der Waals surface area contributed by atoms with Crippen LogP contribution in [0.3, 0.4) is 0 Å². The van der Waals surface area contributed by atoms with Crippen molar-refractivity contribution in [2.45, 2.75) is 19.4 Å². The molecule has 5 rings (SSSR count). The summed E-state index contributed by atoms with van der Waals surface area (Å²) in [5.41, 5.74) is 4.91. The smallest absolute Gasteiger partial charge is 0.221 e. The lowest BCUT2D eigenvalue weighted by Crippen LogP contribution is -2.29. The van der Waals surface area contributed by atoms with Crippen LogP contribution in [0.25, 0.3) is 27.5 Å². The van der Waals surface area contributed by atoms with E-state index in [0.29, 0.717) is 31.1 Å². The zero-order valence-electron chi connectivity index (χ0n) is 19.0. The van der Waals surface area contributed by atoms with Crippen molar-refractivity contribution in [2.24, 2.45) is 0 Å². The highest BCUT2D eigenvalue weighted by molar-refractivity contribution is 6.31. The van der Waals surface area contributed by atoms with E-state index in [2.05, 4.69) is 47.4 Å². The van der Waals surface area contributed by atoms with Crippen LogP contribution in [0.2, 0.25) is 5.02 Å². The van der Waals surface area contributed by atoms with E-state index >= 15 is 0 Å². The maximum absolute atomic E-state index is 12.2. The van der Waals surface area contributed by atoms with Crippen LogP contribution in [0.15, 0.2) is 55.2 Å². The Balaban J connectivity index is 1.02. The number of carbonyl (C=O) groups excluding carboxylic acids is 1. The Bertz CT molecular complexity index is 1420. The van der Waals surface area contributed by atoms with Crippen molar-refractivity contribution in [1.29, 1.82) is 0 Å². The normalized spacial score (nSPS) is 11.3. The molecule has 3 heterocycles. The first-order valence-electron chi connectivity index (χ1n) is 11.5. The molecule has 5 N–H and O–H groups in total. The molecule has 0 bridgehead atoms. The lowest BCUT2D eigenvalue weighted by atomic mass is 10.2. The van der Waals surface area contributed by atoms with Gasteiger partial charge in [0.05, 0.1) is 17.4 Å². The van der Waals surface area contributed by atoms with Crippen LogP contribution >= 0.6 is 11.6 Å². The number of nitrogens with one attached hydrogen (secondary N) is 5. The first kappa shape index (κ1) is 22.9. The van der Waals surface area contributed by atoms with E-state index < -0.39 is 0 Å². The number of nitrogens with zero attached hydrogens (tertiary/aromatic N) is 4. The van der Waals surface area contributed by atoms with Crippen molar-refractivity contribution in [3.05, 3.63) is 66.0 Å². The van der Waals surface area contributed by atoms with E-state index in [-0.39, 0.29) is 5.91 Å². The van der Waals surface area contributed by atoms with Crippen LogP contribution < -0.4 is 16.0 Å². The van der Waals surface area contributed by atoms with Crippen LogP contribution in [-0.2, 0) is 11.3 Å². The van der Waals surface area contributed by atoms with Gasteiger partial charge in [-0.3, -0.25) is 14.5 Å². The summed E-state index contributed by atoms with van der Waals surface area (Å²) < 4.78 is 1.84. The van der Waals surface area contributed by atoms with Crippen molar-refractivity contribution >= 4 is 45.0 Å². The van der Waals surface area contributed by atoms with Gasteiger partial charge in [0, 0.05) is 59.9 Å². The number of anilines is 1. The van der Waals surface area contributed by atoms with E-state index in [4.69, 9.17) is 11.6 Å². The number of hydrogen-bond acceptors (Lipinski definition) is 6. The maximum atomic E-state index is 12.2. The standard InChI is InChI=1S/C24H26ClN9O/c25-17-3-2-16-8-18(32-21(16)9-17)12-26-7-4-24(35)28-6-1-5-27-22-10-19(34-14-30-31-15-34)11-23-20(22)13-29-33-23/h2-3,8-11,13-15,26-27,32H,1,4-7,12H2,(H,28,35)(H,29,33). The lowest BCUT2D eigenvalue weighted by molar-refractivity contribution is -0.120. The molecule has 5 aromatic rings. The monoisotopic (exact) mass is 491 g/mol. The Morgan fingerprint density at radius 1 is 1.03 bits per heavy atom. The van der Waals surface area contributed by atoms with Gasteiger partial charge in [-0.15, -0.1) is 10.2 Å². The van der Waals surface area contributed by atoms with E-state index in [1.165, 1.54) is 0 Å². The third-order valence-electron chi connectivity index (χ3n) is 5.74. The van der Waals surface area contributed by atoms with Crippen LogP contribution in [0.5, 0.6) is 0 Å². The highest BCUT2D eigenvalue weighted by atomic mass is 35.5. The van der Waals surface area contributed by atoms with Gasteiger partial charge in [0.2, 0.25) is 5.91 Å². The van der Waals surface area contributed by atoms with Gasteiger partial charge in [-0.1, -0.05) is 17.7 Å². The Labute approximate surface area is 206 Å². The minimum Gasteiger partial charge on any atom is -0.384 e. The SMILES string of the molecule is O=C(CCNCc1cc2ccc(Cl)cc2[nH]1)NCCCNc1cc(-n2cnnc2)cc2[nH]ncc12. The predicted octanol–water partition coefficient (Wildman–Crippen LogP) is 3.38. The molecule has 10 nitrogen and oxygen atoms in total. The Morgan fingerprint density at radius 3 is 2.80 bits per heavy atom. The van der Waals surface area contributed by atoms with Crippen LogP contribution in [0.4, 0.5) is 5.69 Å². The molecule has 0 unspecified atom stereocenters. The maximum Gasteiger partial charge on any atom is 0.221 e. The summed E-state index contributed by atoms with van der Waals surface area (Å²) in [6.45, 7) is 2.60. The number of aromatic amines is 2. The molecule has 0 saturated heterocycles. The molecule has 35 heavy (non-hydrogen) atoms. The van der Waals surface area contributed by atoms with Gasteiger partial charge in [-0.2, -0.15) is 5.10 Å². The third-order valence-corrected chi connectivity index (χ3v) is 5.97. The fraction of sp³-hybridized carbons (Fsp3) is 0.250. The second-order valence-electron chi connectivity index (χ2n) is 8.28. The molecule has 0 radical (unpaired) electrons. The number of amides is 1. The number of aromatic nitrogens is 6. The van der Waals surface area contributed by atoms with Gasteiger partial charge in [0.1, 0.15) is 12.7 Å². The van der Waals surface area contributed by atoms with Gasteiger partial charge in [0.15, 0.2) is 0 Å². The minimum atomic E-state index is 0.0350. The van der Waals surface area contributed by atoms with E-state index in [0.717, 1.165) is 51.8 Å². The number of fused-ring (bicyclic) bond motifs is 2. The fourth-order valence-electron chi connectivity index (χ4n) is 3.97. The molecule has 1 amide bonds. The van der Waals surface area contributed by atoms with Gasteiger partial charge < -0.3 is 20.9 Å². The molecule has 0 atom stereocenters. The van der Waals surface area contributed by atoms with E-state index in [9.17, 15) is 4.79 Å². The molecular formula is C24H26ClN9O. The summed E-state index contributed by atoms with van der Waals surface area (Å²) >= 11 is 6.03. The fourth-order valence-corrected chi connectivity index (χ4v) is 4.14. The number of carbonyl (C=O) groups is 1. The topological polar surface area (TPSA) is 128 Å². The summed E-state index contributed by atoms with van der Waals surface area (Å²) in [5, 5.41) is 27.5. The molecule has 2 aromatic carbocycles. The Kier molecular flexibility index (Phi) is 6.92. The minimum absolute atomic E-state index is 0.0350. The van der Waals surface area contributed by atoms with Gasteiger partial charge in [-0.25, -0.2) is 0 Å². The largest absolute Gasteiger partial charge is 0.384 e. The van der Waals surface area contributed by atoms with Crippen molar-refractivity contribution in [3.63, 3.8) is 0 Å². The third kappa shape index (κ3) is 5.61. The lowest BCUT2D eigenvalue weighted by Gasteiger charge is -2.11. The molecule has 0 fully saturated rings. The van der Waals surface area contributed by atoms with Crippen LogP contribution in [-0.4, -0.2) is 55.5 Å². The summed E-state index contributed by atoms with van der Waals surface area (Å²) in [5.74, 6) is 0.0350. The molecule has 0 spiro atoms. The highest BCUT2D eigenvalue weighted by Crippen LogP contribution is 2.25. The number of hydrogen-bond donors (Lipinski definition) is 5. The van der Waals surface area contributed by atoms with E-state index in [1.54, 1.807) is 18.9 Å². The summed E-state index contributed by atoms with van der Waals surface area (Å²) in [7, 11) is 0. The number of halogens is 1. The van der Waals surface area contributed by atoms with Gasteiger partial charge >= 0.3 is 0 Å². The zero-order valence-corrected chi connectivity index (χ0v) is 19.8. The Morgan fingerprint density at radius 2 is 1.91 bits per heavy atom. The van der Waals surface area contributed by atoms with Gasteiger partial charge in [-0.05, 0) is 42.1 Å². The molecule has 0 aliphatic rings. The molecule has 0 saturated carbocycles. The van der Waals surface area contributed by atoms with Crippen molar-refractivity contribution in [1.82, 2.24) is 40.6 Å². The first-order chi connectivity index (χ1) is 17.2.